The lowest BCUT2D eigenvalue weighted by Gasteiger charge is -2.16. The third-order valence-electron chi connectivity index (χ3n) is 2.10. The van der Waals surface area contributed by atoms with E-state index in [4.69, 9.17) is 0 Å². The highest BCUT2D eigenvalue weighted by Crippen LogP contribution is 2.07. The number of rotatable bonds is 3. The van der Waals surface area contributed by atoms with E-state index in [1.165, 1.54) is 0 Å². The van der Waals surface area contributed by atoms with Crippen LogP contribution in [0.25, 0.3) is 0 Å². The highest BCUT2D eigenvalue weighted by atomic mass is 16.2. The molecule has 1 unspecified atom stereocenters. The van der Waals surface area contributed by atoms with Crippen LogP contribution >= 0.6 is 0 Å². The number of nitrogens with zero attached hydrogens (tertiary/aromatic N) is 2. The van der Waals surface area contributed by atoms with Gasteiger partial charge in [0.15, 0.2) is 0 Å². The van der Waals surface area contributed by atoms with Crippen LogP contribution < -0.4 is 0 Å². The second kappa shape index (κ2) is 4.74. The van der Waals surface area contributed by atoms with Gasteiger partial charge in [-0.3, -0.25) is 9.78 Å². The fraction of sp³-hybridized carbons (Fsp3) is 0.455. The number of carbonyl (C=O) groups excluding carboxylic acids is 1. The van der Waals surface area contributed by atoms with Crippen LogP contribution in [0, 0.1) is 5.92 Å². The highest BCUT2D eigenvalue weighted by molar-refractivity contribution is 5.78. The smallest absolute Gasteiger partial charge is 0.225 e. The molecule has 0 radical (unpaired) electrons. The summed E-state index contributed by atoms with van der Waals surface area (Å²) in [4.78, 5) is 17.4. The van der Waals surface area contributed by atoms with E-state index in [9.17, 15) is 4.79 Å². The quantitative estimate of drug-likeness (QED) is 0.724. The molecule has 1 aromatic rings. The van der Waals surface area contributed by atoms with Gasteiger partial charge in [0.1, 0.15) is 0 Å². The van der Waals surface area contributed by atoms with Crippen molar-refractivity contribution in [1.29, 1.82) is 0 Å². The molecule has 14 heavy (non-hydrogen) atoms. The van der Waals surface area contributed by atoms with E-state index in [1.807, 2.05) is 25.1 Å². The summed E-state index contributed by atoms with van der Waals surface area (Å²) in [5.41, 5.74) is 0.968. The summed E-state index contributed by atoms with van der Waals surface area (Å²) in [6, 6.07) is 5.76. The lowest BCUT2D eigenvalue weighted by molar-refractivity contribution is -0.132. The van der Waals surface area contributed by atoms with Crippen LogP contribution in [-0.4, -0.2) is 29.9 Å². The van der Waals surface area contributed by atoms with Crippen molar-refractivity contribution in [2.75, 3.05) is 14.1 Å². The Labute approximate surface area is 84.8 Å². The van der Waals surface area contributed by atoms with Crippen molar-refractivity contribution in [3.63, 3.8) is 0 Å². The molecular formula is C11H16N2O. The fourth-order valence-corrected chi connectivity index (χ4v) is 1.36. The summed E-state index contributed by atoms with van der Waals surface area (Å²) in [7, 11) is 3.55. The van der Waals surface area contributed by atoms with Gasteiger partial charge in [-0.05, 0) is 12.1 Å². The molecule has 1 rings (SSSR count). The van der Waals surface area contributed by atoms with Gasteiger partial charge in [0.05, 0.1) is 0 Å². The third kappa shape index (κ3) is 2.83. The minimum atomic E-state index is -0.0000926. The molecule has 0 aromatic carbocycles. The predicted molar refractivity (Wildman–Crippen MR) is 55.8 cm³/mol. The van der Waals surface area contributed by atoms with Gasteiger partial charge in [-0.1, -0.05) is 13.0 Å². The summed E-state index contributed by atoms with van der Waals surface area (Å²) < 4.78 is 0. The van der Waals surface area contributed by atoms with Crippen molar-refractivity contribution in [3.05, 3.63) is 30.1 Å². The van der Waals surface area contributed by atoms with Crippen LogP contribution in [0.2, 0.25) is 0 Å². The lowest BCUT2D eigenvalue weighted by atomic mass is 10.0. The molecule has 76 valence electrons. The molecule has 0 aliphatic heterocycles. The zero-order valence-electron chi connectivity index (χ0n) is 8.90. The van der Waals surface area contributed by atoms with Crippen molar-refractivity contribution in [3.8, 4) is 0 Å². The van der Waals surface area contributed by atoms with Gasteiger partial charge in [0.2, 0.25) is 5.91 Å². The van der Waals surface area contributed by atoms with Gasteiger partial charge in [0.25, 0.3) is 0 Å². The van der Waals surface area contributed by atoms with E-state index in [1.54, 1.807) is 25.2 Å². The predicted octanol–water partition coefficient (Wildman–Crippen LogP) is 1.35. The maximum absolute atomic E-state index is 11.5. The standard InChI is InChI=1S/C11H16N2O/c1-9(11(14)13(2)3)8-10-6-4-5-7-12-10/h4-7,9H,8H2,1-3H3. The Kier molecular flexibility index (Phi) is 3.63. The van der Waals surface area contributed by atoms with Crippen molar-refractivity contribution >= 4 is 5.91 Å². The first-order valence-electron chi connectivity index (χ1n) is 4.72. The van der Waals surface area contributed by atoms with Crippen molar-refractivity contribution < 1.29 is 4.79 Å². The molecule has 0 N–H and O–H groups in total. The van der Waals surface area contributed by atoms with Gasteiger partial charge >= 0.3 is 0 Å². The zero-order chi connectivity index (χ0) is 10.6. The maximum atomic E-state index is 11.5. The number of hydrogen-bond donors (Lipinski definition) is 0. The molecule has 0 fully saturated rings. The van der Waals surface area contributed by atoms with Crippen LogP contribution in [0.3, 0.4) is 0 Å². The summed E-state index contributed by atoms with van der Waals surface area (Å²) in [5.74, 6) is 0.149. The molecular weight excluding hydrogens is 176 g/mol. The van der Waals surface area contributed by atoms with Gasteiger partial charge < -0.3 is 4.90 Å². The molecule has 0 saturated carbocycles. The average Bonchev–Trinajstić information content (AvgIpc) is 2.18. The minimum Gasteiger partial charge on any atom is -0.349 e. The first-order chi connectivity index (χ1) is 6.61. The van der Waals surface area contributed by atoms with Crippen LogP contribution in [0.1, 0.15) is 12.6 Å². The second-order valence-electron chi connectivity index (χ2n) is 3.66. The average molecular weight is 192 g/mol. The molecule has 1 aromatic heterocycles. The molecule has 0 aliphatic carbocycles. The first kappa shape index (κ1) is 10.7. The number of amides is 1. The summed E-state index contributed by atoms with van der Waals surface area (Å²) in [6.07, 6.45) is 2.46. The summed E-state index contributed by atoms with van der Waals surface area (Å²) in [5, 5.41) is 0. The van der Waals surface area contributed by atoms with E-state index >= 15 is 0 Å². The van der Waals surface area contributed by atoms with Gasteiger partial charge in [0, 0.05) is 38.3 Å². The number of pyridine rings is 1. The van der Waals surface area contributed by atoms with E-state index in [2.05, 4.69) is 4.98 Å². The Balaban J connectivity index is 2.57. The molecule has 3 heteroatoms. The van der Waals surface area contributed by atoms with Crippen molar-refractivity contribution in [2.45, 2.75) is 13.3 Å². The molecule has 0 saturated heterocycles. The van der Waals surface area contributed by atoms with Crippen molar-refractivity contribution in [2.24, 2.45) is 5.92 Å². The van der Waals surface area contributed by atoms with Crippen LogP contribution in [0.4, 0.5) is 0 Å². The summed E-state index contributed by atoms with van der Waals surface area (Å²) in [6.45, 7) is 1.93. The normalized spacial score (nSPS) is 12.2. The number of carbonyl (C=O) groups is 1. The molecule has 0 spiro atoms. The first-order valence-corrected chi connectivity index (χ1v) is 4.72. The molecule has 3 nitrogen and oxygen atoms in total. The second-order valence-corrected chi connectivity index (χ2v) is 3.66. The fourth-order valence-electron chi connectivity index (χ4n) is 1.36. The van der Waals surface area contributed by atoms with Crippen LogP contribution in [-0.2, 0) is 11.2 Å². The van der Waals surface area contributed by atoms with Crippen LogP contribution in [0.5, 0.6) is 0 Å². The molecule has 1 amide bonds. The largest absolute Gasteiger partial charge is 0.349 e. The summed E-state index contributed by atoms with van der Waals surface area (Å²) >= 11 is 0. The number of aromatic nitrogens is 1. The third-order valence-corrected chi connectivity index (χ3v) is 2.10. The molecule has 1 heterocycles. The Hall–Kier alpha value is -1.38. The van der Waals surface area contributed by atoms with Crippen molar-refractivity contribution in [1.82, 2.24) is 9.88 Å². The van der Waals surface area contributed by atoms with Gasteiger partial charge in [-0.25, -0.2) is 0 Å². The SMILES string of the molecule is CC(Cc1ccccn1)C(=O)N(C)C. The van der Waals surface area contributed by atoms with E-state index in [0.717, 1.165) is 5.69 Å². The Morgan fingerprint density at radius 1 is 1.50 bits per heavy atom. The highest BCUT2D eigenvalue weighted by Gasteiger charge is 2.15. The monoisotopic (exact) mass is 192 g/mol. The Morgan fingerprint density at radius 3 is 2.71 bits per heavy atom. The van der Waals surface area contributed by atoms with E-state index in [-0.39, 0.29) is 11.8 Å². The lowest BCUT2D eigenvalue weighted by Crippen LogP contribution is -2.29. The number of hydrogen-bond acceptors (Lipinski definition) is 2. The molecule has 1 atom stereocenters. The Bertz CT molecular complexity index is 295. The maximum Gasteiger partial charge on any atom is 0.225 e. The zero-order valence-corrected chi connectivity index (χ0v) is 8.90. The van der Waals surface area contributed by atoms with Gasteiger partial charge in [-0.2, -0.15) is 0 Å². The molecule has 0 aliphatic rings. The van der Waals surface area contributed by atoms with Crippen LogP contribution in [0.15, 0.2) is 24.4 Å². The minimum absolute atomic E-state index is 0.0000926. The van der Waals surface area contributed by atoms with E-state index < -0.39 is 0 Å². The Morgan fingerprint density at radius 2 is 2.21 bits per heavy atom. The molecule has 0 bridgehead atoms. The van der Waals surface area contributed by atoms with E-state index in [0.29, 0.717) is 6.42 Å². The van der Waals surface area contributed by atoms with Gasteiger partial charge in [-0.15, -0.1) is 0 Å². The topological polar surface area (TPSA) is 33.2 Å².